The van der Waals surface area contributed by atoms with Gasteiger partial charge in [0.05, 0.1) is 28.4 Å². The second-order valence-corrected chi connectivity index (χ2v) is 9.56. The van der Waals surface area contributed by atoms with Crippen LogP contribution in [0.15, 0.2) is 79.1 Å². The molecule has 0 amide bonds. The highest BCUT2D eigenvalue weighted by Gasteiger charge is 2.42. The molecule has 190 valence electrons. The van der Waals surface area contributed by atoms with Gasteiger partial charge in [-0.3, -0.25) is 4.98 Å². The average Bonchev–Trinajstić information content (AvgIpc) is 3.51. The number of anilines is 1. The van der Waals surface area contributed by atoms with Crippen molar-refractivity contribution in [3.05, 3.63) is 106 Å². The zero-order valence-electron chi connectivity index (χ0n) is 19.8. The Morgan fingerprint density at radius 1 is 1.00 bits per heavy atom. The van der Waals surface area contributed by atoms with Crippen molar-refractivity contribution < 1.29 is 13.9 Å². The van der Waals surface area contributed by atoms with Gasteiger partial charge in [-0.25, -0.2) is 4.39 Å². The first kappa shape index (κ1) is 25.5. The maximum Gasteiger partial charge on any atom is 0.174 e. The summed E-state index contributed by atoms with van der Waals surface area (Å²) in [6.07, 6.45) is 3.66. The zero-order valence-corrected chi connectivity index (χ0v) is 22.1. The minimum absolute atomic E-state index is 0.0474. The third kappa shape index (κ3) is 5.15. The fraction of sp³-hybridized carbons (Fsp3) is 0.185. The molecule has 0 spiro atoms. The van der Waals surface area contributed by atoms with Crippen LogP contribution in [-0.4, -0.2) is 35.0 Å². The number of methoxy groups -OCH3 is 1. The predicted molar refractivity (Wildman–Crippen MR) is 147 cm³/mol. The molecule has 6 nitrogen and oxygen atoms in total. The molecule has 1 aliphatic heterocycles. The molecule has 4 aromatic rings. The fourth-order valence-corrected chi connectivity index (χ4v) is 5.18. The Labute approximate surface area is 229 Å². The minimum Gasteiger partial charge on any atom is -0.490 e. The van der Waals surface area contributed by atoms with Crippen molar-refractivity contribution in [2.45, 2.75) is 12.1 Å². The van der Waals surface area contributed by atoms with Crippen molar-refractivity contribution in [2.75, 3.05) is 25.2 Å². The third-order valence-electron chi connectivity index (χ3n) is 6.10. The van der Waals surface area contributed by atoms with Gasteiger partial charge < -0.3 is 24.3 Å². The first-order valence-corrected chi connectivity index (χ1v) is 12.7. The lowest BCUT2D eigenvalue weighted by molar-refractivity contribution is 0.146. The summed E-state index contributed by atoms with van der Waals surface area (Å²) in [6.45, 7) is 0.841. The van der Waals surface area contributed by atoms with Crippen molar-refractivity contribution in [3.8, 4) is 11.4 Å². The number of benzene rings is 2. The van der Waals surface area contributed by atoms with Gasteiger partial charge in [-0.2, -0.15) is 0 Å². The van der Waals surface area contributed by atoms with Gasteiger partial charge in [-0.05, 0) is 72.9 Å². The second kappa shape index (κ2) is 11.1. The highest BCUT2D eigenvalue weighted by molar-refractivity contribution is 7.80. The number of halogens is 3. The number of ether oxygens (including phenoxy) is 2. The number of nitrogens with one attached hydrogen (secondary N) is 1. The maximum absolute atomic E-state index is 13.9. The summed E-state index contributed by atoms with van der Waals surface area (Å²) in [5, 5.41) is 4.46. The quantitative estimate of drug-likeness (QED) is 0.197. The van der Waals surface area contributed by atoms with E-state index in [2.05, 4.69) is 10.3 Å². The van der Waals surface area contributed by atoms with Crippen LogP contribution in [0.5, 0.6) is 5.75 Å². The van der Waals surface area contributed by atoms with Gasteiger partial charge >= 0.3 is 0 Å². The summed E-state index contributed by atoms with van der Waals surface area (Å²) >= 11 is 18.5. The highest BCUT2D eigenvalue weighted by atomic mass is 35.5. The Kier molecular flexibility index (Phi) is 7.62. The van der Waals surface area contributed by atoms with Crippen LogP contribution < -0.4 is 15.0 Å². The summed E-state index contributed by atoms with van der Waals surface area (Å²) in [5.74, 6) is 0.0842. The molecule has 0 radical (unpaired) electrons. The van der Waals surface area contributed by atoms with Crippen molar-refractivity contribution in [3.63, 3.8) is 0 Å². The first-order valence-electron chi connectivity index (χ1n) is 11.5. The van der Waals surface area contributed by atoms with Gasteiger partial charge in [-0.15, -0.1) is 0 Å². The van der Waals surface area contributed by atoms with Crippen LogP contribution >= 0.6 is 35.4 Å². The Bertz CT molecular complexity index is 1420. The number of nitrogens with zero attached hydrogens (tertiary/aromatic N) is 3. The molecule has 2 atom stereocenters. The molecule has 5 rings (SSSR count). The topological polar surface area (TPSA) is 51.6 Å². The number of hydrogen-bond donors (Lipinski definition) is 1. The first-order chi connectivity index (χ1) is 18.0. The van der Waals surface area contributed by atoms with Crippen LogP contribution in [0, 0.1) is 5.82 Å². The summed E-state index contributed by atoms with van der Waals surface area (Å²) in [6, 6.07) is 19.3. The normalized spacial score (nSPS) is 17.2. The number of rotatable bonds is 8. The van der Waals surface area contributed by atoms with E-state index in [0.717, 1.165) is 22.8 Å². The third-order valence-corrected chi connectivity index (χ3v) is 7.00. The molecule has 1 saturated heterocycles. The average molecular weight is 557 g/mol. The molecule has 1 N–H and O–H groups in total. The second-order valence-electron chi connectivity index (χ2n) is 8.35. The maximum atomic E-state index is 13.9. The van der Waals surface area contributed by atoms with E-state index in [9.17, 15) is 4.39 Å². The molecule has 3 heterocycles. The zero-order chi connectivity index (χ0) is 25.9. The van der Waals surface area contributed by atoms with E-state index < -0.39 is 5.82 Å². The number of thiocarbonyl (C=S) groups is 1. The summed E-state index contributed by atoms with van der Waals surface area (Å²) in [7, 11) is 1.61. The molecule has 2 aromatic carbocycles. The van der Waals surface area contributed by atoms with Crippen LogP contribution in [0.1, 0.15) is 23.5 Å². The molecule has 37 heavy (non-hydrogen) atoms. The molecule has 0 saturated carbocycles. The Morgan fingerprint density at radius 3 is 2.54 bits per heavy atom. The van der Waals surface area contributed by atoms with Gasteiger partial charge in [0.25, 0.3) is 0 Å². The number of aromatic nitrogens is 2. The monoisotopic (exact) mass is 556 g/mol. The molecular weight excluding hydrogens is 534 g/mol. The van der Waals surface area contributed by atoms with E-state index in [1.54, 1.807) is 25.4 Å². The van der Waals surface area contributed by atoms with Gasteiger partial charge in [0, 0.05) is 36.6 Å². The summed E-state index contributed by atoms with van der Waals surface area (Å²) in [4.78, 5) is 6.61. The van der Waals surface area contributed by atoms with Crippen LogP contribution in [0.3, 0.4) is 0 Å². The Hall–Kier alpha value is -3.17. The lowest BCUT2D eigenvalue weighted by atomic mass is 10.0. The lowest BCUT2D eigenvalue weighted by Crippen LogP contribution is -2.30. The van der Waals surface area contributed by atoms with Gasteiger partial charge in [0.15, 0.2) is 5.11 Å². The van der Waals surface area contributed by atoms with Crippen molar-refractivity contribution in [1.29, 1.82) is 0 Å². The van der Waals surface area contributed by atoms with E-state index in [1.165, 1.54) is 6.07 Å². The van der Waals surface area contributed by atoms with Crippen molar-refractivity contribution in [2.24, 2.45) is 0 Å². The van der Waals surface area contributed by atoms with E-state index in [-0.39, 0.29) is 17.1 Å². The number of hydrogen-bond acceptors (Lipinski definition) is 4. The Morgan fingerprint density at radius 2 is 1.81 bits per heavy atom. The smallest absolute Gasteiger partial charge is 0.174 e. The minimum atomic E-state index is -0.474. The van der Waals surface area contributed by atoms with Gasteiger partial charge in [0.2, 0.25) is 0 Å². The fourth-order valence-electron chi connectivity index (χ4n) is 4.43. The molecule has 2 aromatic heterocycles. The van der Waals surface area contributed by atoms with E-state index in [4.69, 9.17) is 44.9 Å². The van der Waals surface area contributed by atoms with E-state index in [1.807, 2.05) is 64.2 Å². The SMILES string of the molecule is COCCOc1ccc(N2C(=S)NC(c3ccccn3)C2c2cccn2-c2ccc(F)c(Cl)c2)cc1Cl. The molecule has 2 unspecified atom stereocenters. The number of pyridine rings is 1. The van der Waals surface area contributed by atoms with Crippen LogP contribution in [-0.2, 0) is 4.74 Å². The lowest BCUT2D eigenvalue weighted by Gasteiger charge is -2.29. The van der Waals surface area contributed by atoms with Gasteiger partial charge in [-0.1, -0.05) is 29.3 Å². The highest BCUT2D eigenvalue weighted by Crippen LogP contribution is 2.43. The predicted octanol–water partition coefficient (Wildman–Crippen LogP) is 6.52. The van der Waals surface area contributed by atoms with E-state index >= 15 is 0 Å². The molecule has 10 heteroatoms. The molecule has 0 bridgehead atoms. The van der Waals surface area contributed by atoms with Crippen LogP contribution in [0.2, 0.25) is 10.0 Å². The van der Waals surface area contributed by atoms with Crippen LogP contribution in [0.25, 0.3) is 5.69 Å². The van der Waals surface area contributed by atoms with Gasteiger partial charge in [0.1, 0.15) is 24.2 Å². The Balaban J connectivity index is 1.59. The molecule has 1 fully saturated rings. The molecule has 0 aliphatic carbocycles. The largest absolute Gasteiger partial charge is 0.490 e. The molecule has 1 aliphatic rings. The summed E-state index contributed by atoms with van der Waals surface area (Å²) in [5.41, 5.74) is 3.24. The van der Waals surface area contributed by atoms with E-state index in [0.29, 0.717) is 29.1 Å². The van der Waals surface area contributed by atoms with Crippen LogP contribution in [0.4, 0.5) is 10.1 Å². The standard InChI is InChI=1S/C27H23Cl2FN4O2S/c1-35-13-14-36-24-10-8-18(16-20(24)29)34-26(25(32-27(34)37)22-5-2-3-11-31-22)23-6-4-12-33(23)17-7-9-21(30)19(28)15-17/h2-12,15-16,25-26H,13-14H2,1H3,(H,32,37). The van der Waals surface area contributed by atoms with Crippen molar-refractivity contribution >= 4 is 46.2 Å². The van der Waals surface area contributed by atoms with Crippen molar-refractivity contribution in [1.82, 2.24) is 14.9 Å². The molecular formula is C27H23Cl2FN4O2S. The summed E-state index contributed by atoms with van der Waals surface area (Å²) < 4.78 is 26.7.